The van der Waals surface area contributed by atoms with E-state index < -0.39 is 11.7 Å². The van der Waals surface area contributed by atoms with Crippen molar-refractivity contribution in [3.05, 3.63) is 26.8 Å². The molecule has 0 bridgehead atoms. The van der Waals surface area contributed by atoms with Crippen molar-refractivity contribution in [1.29, 1.82) is 5.26 Å². The first-order chi connectivity index (χ1) is 6.38. The summed E-state index contributed by atoms with van der Waals surface area (Å²) in [5, 5.41) is 8.53. The first kappa shape index (κ1) is 11.7. The van der Waals surface area contributed by atoms with Gasteiger partial charge in [-0.1, -0.05) is 0 Å². The SMILES string of the molecule is N#Cc1ccc(I)c(C(F)(F)F)c1S. The fraction of sp³-hybridized carbons (Fsp3) is 0.125. The van der Waals surface area contributed by atoms with Gasteiger partial charge in [0.05, 0.1) is 11.1 Å². The van der Waals surface area contributed by atoms with E-state index in [-0.39, 0.29) is 14.0 Å². The van der Waals surface area contributed by atoms with Crippen LogP contribution in [0.25, 0.3) is 0 Å². The molecule has 0 aliphatic rings. The summed E-state index contributed by atoms with van der Waals surface area (Å²) in [4.78, 5) is -0.313. The molecule has 0 unspecified atom stereocenters. The zero-order valence-electron chi connectivity index (χ0n) is 6.56. The Kier molecular flexibility index (Phi) is 3.32. The Morgan fingerprint density at radius 2 is 1.93 bits per heavy atom. The number of thiol groups is 1. The highest BCUT2D eigenvalue weighted by molar-refractivity contribution is 14.1. The second kappa shape index (κ2) is 3.98. The van der Waals surface area contributed by atoms with Crippen molar-refractivity contribution in [2.24, 2.45) is 0 Å². The first-order valence-electron chi connectivity index (χ1n) is 3.36. The molecule has 1 rings (SSSR count). The molecule has 0 atom stereocenters. The minimum absolute atomic E-state index is 0.0408. The predicted molar refractivity (Wildman–Crippen MR) is 56.1 cm³/mol. The van der Waals surface area contributed by atoms with Crippen LogP contribution in [0.1, 0.15) is 11.1 Å². The van der Waals surface area contributed by atoms with E-state index >= 15 is 0 Å². The van der Waals surface area contributed by atoms with Gasteiger partial charge in [-0.25, -0.2) is 0 Å². The molecule has 74 valence electrons. The van der Waals surface area contributed by atoms with E-state index in [9.17, 15) is 13.2 Å². The maximum absolute atomic E-state index is 12.5. The molecule has 0 saturated heterocycles. The maximum Gasteiger partial charge on any atom is 0.418 e. The van der Waals surface area contributed by atoms with E-state index in [1.54, 1.807) is 28.7 Å². The van der Waals surface area contributed by atoms with Crippen molar-refractivity contribution in [1.82, 2.24) is 0 Å². The van der Waals surface area contributed by atoms with E-state index in [2.05, 4.69) is 12.6 Å². The summed E-state index contributed by atoms with van der Waals surface area (Å²) in [5.74, 6) is 0. The fourth-order valence-electron chi connectivity index (χ4n) is 0.926. The number of alkyl halides is 3. The number of nitriles is 1. The molecule has 0 amide bonds. The van der Waals surface area contributed by atoms with E-state index in [4.69, 9.17) is 5.26 Å². The molecule has 6 heteroatoms. The van der Waals surface area contributed by atoms with Crippen molar-refractivity contribution < 1.29 is 13.2 Å². The number of benzene rings is 1. The second-order valence-corrected chi connectivity index (χ2v) is 4.04. The van der Waals surface area contributed by atoms with Crippen LogP contribution >= 0.6 is 35.2 Å². The summed E-state index contributed by atoms with van der Waals surface area (Å²) in [5.41, 5.74) is -0.915. The Morgan fingerprint density at radius 3 is 2.36 bits per heavy atom. The average Bonchev–Trinajstić information content (AvgIpc) is 2.02. The van der Waals surface area contributed by atoms with Gasteiger partial charge in [-0.3, -0.25) is 0 Å². The lowest BCUT2D eigenvalue weighted by Gasteiger charge is -2.12. The predicted octanol–water partition coefficient (Wildman–Crippen LogP) is 3.47. The van der Waals surface area contributed by atoms with Crippen LogP contribution in [-0.2, 0) is 6.18 Å². The molecule has 0 spiro atoms. The number of rotatable bonds is 0. The van der Waals surface area contributed by atoms with Gasteiger partial charge in [0.2, 0.25) is 0 Å². The van der Waals surface area contributed by atoms with E-state index in [0.717, 1.165) is 0 Å². The standard InChI is InChI=1S/C8H3F3INS/c9-8(10,11)6-5(12)2-1-4(3-13)7(6)14/h1-2,14H. The van der Waals surface area contributed by atoms with E-state index in [0.29, 0.717) is 0 Å². The third-order valence-corrected chi connectivity index (χ3v) is 2.89. The van der Waals surface area contributed by atoms with E-state index in [1.165, 1.54) is 12.1 Å². The largest absolute Gasteiger partial charge is 0.418 e. The first-order valence-corrected chi connectivity index (χ1v) is 4.89. The zero-order valence-corrected chi connectivity index (χ0v) is 9.61. The summed E-state index contributed by atoms with van der Waals surface area (Å²) < 4.78 is 37.4. The Hall–Kier alpha value is -0.420. The molecule has 0 aromatic heterocycles. The minimum atomic E-state index is -4.47. The van der Waals surface area contributed by atoms with Gasteiger partial charge >= 0.3 is 6.18 Å². The molecule has 0 aliphatic carbocycles. The summed E-state index contributed by atoms with van der Waals surface area (Å²) in [6.07, 6.45) is -4.47. The summed E-state index contributed by atoms with van der Waals surface area (Å²) in [6.45, 7) is 0. The van der Waals surface area contributed by atoms with Crippen LogP contribution in [0.2, 0.25) is 0 Å². The molecule has 1 aromatic rings. The molecule has 0 heterocycles. The van der Waals surface area contributed by atoms with Gasteiger partial charge in [0, 0.05) is 8.47 Å². The van der Waals surface area contributed by atoms with E-state index in [1.807, 2.05) is 0 Å². The number of hydrogen-bond acceptors (Lipinski definition) is 2. The highest BCUT2D eigenvalue weighted by Crippen LogP contribution is 2.38. The molecule has 1 nitrogen and oxygen atoms in total. The van der Waals surface area contributed by atoms with Crippen molar-refractivity contribution in [2.45, 2.75) is 11.1 Å². The molecule has 0 saturated carbocycles. The zero-order chi connectivity index (χ0) is 10.9. The Labute approximate surface area is 97.5 Å². The molecule has 0 N–H and O–H groups in total. The number of halogens is 4. The molecule has 14 heavy (non-hydrogen) atoms. The number of hydrogen-bond donors (Lipinski definition) is 1. The molecular weight excluding hydrogens is 326 g/mol. The van der Waals surface area contributed by atoms with Crippen molar-refractivity contribution in [3.8, 4) is 6.07 Å². The van der Waals surface area contributed by atoms with Gasteiger partial charge in [-0.05, 0) is 34.7 Å². The van der Waals surface area contributed by atoms with Gasteiger partial charge < -0.3 is 0 Å². The Bertz CT molecular complexity index is 408. The van der Waals surface area contributed by atoms with Crippen LogP contribution < -0.4 is 0 Å². The highest BCUT2D eigenvalue weighted by Gasteiger charge is 2.35. The van der Waals surface area contributed by atoms with Gasteiger partial charge in [0.1, 0.15) is 6.07 Å². The van der Waals surface area contributed by atoms with Crippen molar-refractivity contribution in [2.75, 3.05) is 0 Å². The molecule has 0 aliphatic heterocycles. The fourth-order valence-corrected chi connectivity index (χ4v) is 2.27. The molecule has 0 radical (unpaired) electrons. The lowest BCUT2D eigenvalue weighted by atomic mass is 10.1. The van der Waals surface area contributed by atoms with Gasteiger partial charge in [-0.2, -0.15) is 18.4 Å². The number of nitrogens with zero attached hydrogens (tertiary/aromatic N) is 1. The average molecular weight is 329 g/mol. The summed E-state index contributed by atoms with van der Waals surface area (Å²) >= 11 is 5.27. The van der Waals surface area contributed by atoms with Crippen molar-refractivity contribution in [3.63, 3.8) is 0 Å². The quantitative estimate of drug-likeness (QED) is 0.572. The monoisotopic (exact) mass is 329 g/mol. The van der Waals surface area contributed by atoms with Crippen LogP contribution in [0.5, 0.6) is 0 Å². The lowest BCUT2D eigenvalue weighted by Crippen LogP contribution is -2.09. The smallest absolute Gasteiger partial charge is 0.192 e. The third-order valence-electron chi connectivity index (χ3n) is 1.53. The van der Waals surface area contributed by atoms with Crippen LogP contribution in [0.4, 0.5) is 13.2 Å². The molecule has 0 fully saturated rings. The Morgan fingerprint density at radius 1 is 1.36 bits per heavy atom. The summed E-state index contributed by atoms with van der Waals surface area (Å²) in [6, 6.07) is 4.23. The molecular formula is C8H3F3INS. The van der Waals surface area contributed by atoms with Crippen LogP contribution in [0, 0.1) is 14.9 Å². The second-order valence-electron chi connectivity index (χ2n) is 2.43. The van der Waals surface area contributed by atoms with Gasteiger partial charge in [0.25, 0.3) is 0 Å². The summed E-state index contributed by atoms with van der Waals surface area (Å²) in [7, 11) is 0. The van der Waals surface area contributed by atoms with Crippen LogP contribution in [-0.4, -0.2) is 0 Å². The topological polar surface area (TPSA) is 23.8 Å². The maximum atomic E-state index is 12.5. The highest BCUT2D eigenvalue weighted by atomic mass is 127. The lowest BCUT2D eigenvalue weighted by molar-refractivity contribution is -0.140. The molecule has 1 aromatic carbocycles. The minimum Gasteiger partial charge on any atom is -0.192 e. The van der Waals surface area contributed by atoms with Gasteiger partial charge in [-0.15, -0.1) is 12.6 Å². The van der Waals surface area contributed by atoms with Crippen molar-refractivity contribution >= 4 is 35.2 Å². The van der Waals surface area contributed by atoms with Crippen LogP contribution in [0.15, 0.2) is 17.0 Å². The van der Waals surface area contributed by atoms with Crippen LogP contribution in [0.3, 0.4) is 0 Å². The Balaban J connectivity index is 3.50. The van der Waals surface area contributed by atoms with Gasteiger partial charge in [0.15, 0.2) is 0 Å². The normalized spacial score (nSPS) is 11.1. The third kappa shape index (κ3) is 2.15.